The lowest BCUT2D eigenvalue weighted by molar-refractivity contribution is -0.117. The number of rotatable bonds is 3. The molecule has 1 aromatic rings. The molecule has 0 radical (unpaired) electrons. The smallest absolute Gasteiger partial charge is 0.243 e. The second-order valence-electron chi connectivity index (χ2n) is 3.82. The van der Waals surface area contributed by atoms with Crippen molar-refractivity contribution in [2.75, 3.05) is 5.32 Å². The molecule has 1 aliphatic rings. The minimum absolute atomic E-state index is 0.00176. The zero-order valence-corrected chi connectivity index (χ0v) is 9.49. The average molecular weight is 244 g/mol. The number of carbonyl (C=O) groups excluding carboxylic acids is 1. The molecule has 0 spiro atoms. The SMILES string of the molecule is Cn1cc(S(N)(=O)=O)c(NC(=O)C2CC2)n1. The Morgan fingerprint density at radius 1 is 1.62 bits per heavy atom. The first-order valence-corrected chi connectivity index (χ1v) is 6.30. The fourth-order valence-electron chi connectivity index (χ4n) is 1.33. The van der Waals surface area contributed by atoms with Gasteiger partial charge in [-0.05, 0) is 12.8 Å². The van der Waals surface area contributed by atoms with E-state index in [2.05, 4.69) is 10.4 Å². The zero-order valence-electron chi connectivity index (χ0n) is 8.67. The molecule has 16 heavy (non-hydrogen) atoms. The van der Waals surface area contributed by atoms with Crippen LogP contribution in [0.25, 0.3) is 0 Å². The van der Waals surface area contributed by atoms with Gasteiger partial charge in [-0.2, -0.15) is 5.10 Å². The number of carbonyl (C=O) groups is 1. The van der Waals surface area contributed by atoms with E-state index in [1.165, 1.54) is 10.9 Å². The van der Waals surface area contributed by atoms with E-state index in [9.17, 15) is 13.2 Å². The Balaban J connectivity index is 2.29. The number of nitrogens with one attached hydrogen (secondary N) is 1. The van der Waals surface area contributed by atoms with E-state index in [1.54, 1.807) is 7.05 Å². The molecule has 1 amide bonds. The van der Waals surface area contributed by atoms with E-state index in [-0.39, 0.29) is 22.5 Å². The summed E-state index contributed by atoms with van der Waals surface area (Å²) in [4.78, 5) is 11.3. The van der Waals surface area contributed by atoms with Gasteiger partial charge in [0.05, 0.1) is 0 Å². The Morgan fingerprint density at radius 2 is 2.25 bits per heavy atom. The van der Waals surface area contributed by atoms with Gasteiger partial charge in [0.25, 0.3) is 0 Å². The minimum atomic E-state index is -3.86. The monoisotopic (exact) mass is 244 g/mol. The van der Waals surface area contributed by atoms with Gasteiger partial charge in [0.1, 0.15) is 4.90 Å². The van der Waals surface area contributed by atoms with Gasteiger partial charge >= 0.3 is 0 Å². The van der Waals surface area contributed by atoms with Crippen LogP contribution in [-0.2, 0) is 21.9 Å². The van der Waals surface area contributed by atoms with E-state index in [1.807, 2.05) is 0 Å². The molecule has 1 saturated carbocycles. The number of aromatic nitrogens is 2. The lowest BCUT2D eigenvalue weighted by Gasteiger charge is -2.01. The van der Waals surface area contributed by atoms with Crippen molar-refractivity contribution in [3.8, 4) is 0 Å². The number of hydrogen-bond donors (Lipinski definition) is 2. The van der Waals surface area contributed by atoms with E-state index in [0.717, 1.165) is 12.8 Å². The number of sulfonamides is 1. The molecule has 7 nitrogen and oxygen atoms in total. The van der Waals surface area contributed by atoms with Crippen molar-refractivity contribution in [2.45, 2.75) is 17.7 Å². The Morgan fingerprint density at radius 3 is 2.75 bits per heavy atom. The standard InChI is InChI=1S/C8H12N4O3S/c1-12-4-6(16(9,14)15)7(11-12)10-8(13)5-2-3-5/h4-5H,2-3H2,1H3,(H2,9,14,15)(H,10,11,13). The Kier molecular flexibility index (Phi) is 2.47. The molecule has 0 aliphatic heterocycles. The molecule has 2 rings (SSSR count). The van der Waals surface area contributed by atoms with E-state index in [0.29, 0.717) is 0 Å². The highest BCUT2D eigenvalue weighted by Crippen LogP contribution is 2.30. The highest BCUT2D eigenvalue weighted by molar-refractivity contribution is 7.89. The van der Waals surface area contributed by atoms with E-state index >= 15 is 0 Å². The fraction of sp³-hybridized carbons (Fsp3) is 0.500. The van der Waals surface area contributed by atoms with E-state index in [4.69, 9.17) is 5.14 Å². The summed E-state index contributed by atoms with van der Waals surface area (Å²) >= 11 is 0. The molecule has 0 bridgehead atoms. The normalized spacial score (nSPS) is 16.1. The van der Waals surface area contributed by atoms with Gasteiger partial charge < -0.3 is 5.32 Å². The van der Waals surface area contributed by atoms with Gasteiger partial charge in [0.15, 0.2) is 5.82 Å². The zero-order chi connectivity index (χ0) is 11.9. The molecule has 0 aromatic carbocycles. The van der Waals surface area contributed by atoms with Crippen LogP contribution in [-0.4, -0.2) is 24.1 Å². The van der Waals surface area contributed by atoms with E-state index < -0.39 is 10.0 Å². The Bertz CT molecular complexity index is 529. The van der Waals surface area contributed by atoms with Crippen LogP contribution in [0.2, 0.25) is 0 Å². The third-order valence-corrected chi connectivity index (χ3v) is 3.20. The molecule has 3 N–H and O–H groups in total. The van der Waals surface area contributed by atoms with Gasteiger partial charge in [0, 0.05) is 19.2 Å². The average Bonchev–Trinajstić information content (AvgIpc) is 2.90. The molecule has 88 valence electrons. The summed E-state index contributed by atoms with van der Waals surface area (Å²) in [5.74, 6) is -0.221. The maximum Gasteiger partial charge on any atom is 0.243 e. The second kappa shape index (κ2) is 3.56. The van der Waals surface area contributed by atoms with Gasteiger partial charge in [-0.25, -0.2) is 13.6 Å². The molecular formula is C8H12N4O3S. The first-order chi connectivity index (χ1) is 7.38. The van der Waals surface area contributed by atoms with Crippen LogP contribution < -0.4 is 10.5 Å². The fourth-order valence-corrected chi connectivity index (χ4v) is 1.99. The van der Waals surface area contributed by atoms with Gasteiger partial charge in [-0.3, -0.25) is 9.48 Å². The molecule has 8 heteroatoms. The molecule has 0 atom stereocenters. The molecule has 1 aliphatic carbocycles. The maximum atomic E-state index is 11.5. The number of anilines is 1. The third kappa shape index (κ3) is 2.22. The van der Waals surface area contributed by atoms with Crippen molar-refractivity contribution < 1.29 is 13.2 Å². The summed E-state index contributed by atoms with van der Waals surface area (Å²) in [5, 5.41) is 11.3. The van der Waals surface area contributed by atoms with Crippen LogP contribution in [0.15, 0.2) is 11.1 Å². The number of nitrogens with two attached hydrogens (primary N) is 1. The van der Waals surface area contributed by atoms with Crippen molar-refractivity contribution in [2.24, 2.45) is 18.1 Å². The summed E-state index contributed by atoms with van der Waals surface area (Å²) in [6, 6.07) is 0. The number of amides is 1. The van der Waals surface area contributed by atoms with Crippen LogP contribution >= 0.6 is 0 Å². The van der Waals surface area contributed by atoms with Crippen molar-refractivity contribution >= 4 is 21.7 Å². The van der Waals surface area contributed by atoms with Crippen molar-refractivity contribution in [1.29, 1.82) is 0 Å². The number of hydrogen-bond acceptors (Lipinski definition) is 4. The van der Waals surface area contributed by atoms with Gasteiger partial charge in [-0.1, -0.05) is 0 Å². The minimum Gasteiger partial charge on any atom is -0.308 e. The van der Waals surface area contributed by atoms with Crippen LogP contribution in [0.5, 0.6) is 0 Å². The number of nitrogens with zero attached hydrogens (tertiary/aromatic N) is 2. The lowest BCUT2D eigenvalue weighted by Crippen LogP contribution is -2.18. The molecule has 1 aromatic heterocycles. The summed E-state index contributed by atoms with van der Waals surface area (Å²) in [6.45, 7) is 0. The highest BCUT2D eigenvalue weighted by Gasteiger charge is 2.31. The van der Waals surface area contributed by atoms with Crippen LogP contribution in [0.4, 0.5) is 5.82 Å². The quantitative estimate of drug-likeness (QED) is 0.741. The lowest BCUT2D eigenvalue weighted by atomic mass is 10.4. The summed E-state index contributed by atoms with van der Waals surface area (Å²) in [5.41, 5.74) is 0. The Hall–Kier alpha value is -1.41. The molecular weight excluding hydrogens is 232 g/mol. The summed E-state index contributed by atoms with van der Waals surface area (Å²) in [6.07, 6.45) is 2.94. The molecule has 0 unspecified atom stereocenters. The largest absolute Gasteiger partial charge is 0.308 e. The van der Waals surface area contributed by atoms with Gasteiger partial charge in [0.2, 0.25) is 15.9 Å². The van der Waals surface area contributed by atoms with Crippen molar-refractivity contribution in [3.05, 3.63) is 6.20 Å². The summed E-state index contributed by atoms with van der Waals surface area (Å²) in [7, 11) is -2.30. The van der Waals surface area contributed by atoms with Crippen LogP contribution in [0, 0.1) is 5.92 Å². The van der Waals surface area contributed by atoms with Crippen LogP contribution in [0.3, 0.4) is 0 Å². The third-order valence-electron chi connectivity index (χ3n) is 2.29. The number of primary sulfonamides is 1. The first kappa shape index (κ1) is 11.1. The van der Waals surface area contributed by atoms with Crippen LogP contribution in [0.1, 0.15) is 12.8 Å². The summed E-state index contributed by atoms with van der Waals surface area (Å²) < 4.78 is 23.7. The maximum absolute atomic E-state index is 11.5. The highest BCUT2D eigenvalue weighted by atomic mass is 32.2. The molecule has 0 saturated heterocycles. The Labute approximate surface area is 92.7 Å². The topological polar surface area (TPSA) is 107 Å². The van der Waals surface area contributed by atoms with Crippen molar-refractivity contribution in [3.63, 3.8) is 0 Å². The first-order valence-electron chi connectivity index (χ1n) is 4.75. The number of aryl methyl sites for hydroxylation is 1. The molecule has 1 fully saturated rings. The van der Waals surface area contributed by atoms with Crippen molar-refractivity contribution in [1.82, 2.24) is 9.78 Å². The predicted octanol–water partition coefficient (Wildman–Crippen LogP) is -0.584. The predicted molar refractivity (Wildman–Crippen MR) is 55.9 cm³/mol. The van der Waals surface area contributed by atoms with Gasteiger partial charge in [-0.15, -0.1) is 0 Å². The second-order valence-corrected chi connectivity index (χ2v) is 5.35. The molecule has 1 heterocycles.